The highest BCUT2D eigenvalue weighted by molar-refractivity contribution is 5.85. The van der Waals surface area contributed by atoms with Crippen molar-refractivity contribution < 1.29 is 19.0 Å². The molecule has 0 bridgehead atoms. The Kier molecular flexibility index (Phi) is 6.03. The summed E-state index contributed by atoms with van der Waals surface area (Å²) in [6.45, 7) is 7.11. The Hall–Kier alpha value is -2.51. The van der Waals surface area contributed by atoms with E-state index in [2.05, 4.69) is 22.1 Å². The van der Waals surface area contributed by atoms with Gasteiger partial charge in [0.25, 0.3) is 0 Å². The number of aromatic carboxylic acids is 1. The second-order valence-electron chi connectivity index (χ2n) is 6.91. The van der Waals surface area contributed by atoms with Crippen molar-refractivity contribution in [2.45, 2.75) is 26.0 Å². The zero-order chi connectivity index (χ0) is 19.4. The standard InChI is InChI=1S/C20H24FN3O3/c1-13-3-4-15(9-17(13)21)19(12-24-8-7-22-14(2)11-24)27-16-5-6-18(20(25)26)23-10-16/h3-6,9-10,14,19,22H,7-8,11-12H2,1-2H3,(H,25,26)/t14-,19+/m1/s1. The predicted molar refractivity (Wildman–Crippen MR) is 99.6 cm³/mol. The average Bonchev–Trinajstić information content (AvgIpc) is 2.64. The van der Waals surface area contributed by atoms with E-state index in [1.54, 1.807) is 19.1 Å². The van der Waals surface area contributed by atoms with E-state index in [-0.39, 0.29) is 17.6 Å². The quantitative estimate of drug-likeness (QED) is 0.811. The topological polar surface area (TPSA) is 74.7 Å². The molecule has 2 atom stereocenters. The van der Waals surface area contributed by atoms with Gasteiger partial charge in [-0.05, 0) is 43.2 Å². The molecular formula is C20H24FN3O3. The minimum absolute atomic E-state index is 0.0452. The lowest BCUT2D eigenvalue weighted by atomic mass is 10.1. The van der Waals surface area contributed by atoms with Crippen molar-refractivity contribution in [3.63, 3.8) is 0 Å². The minimum Gasteiger partial charge on any atom is -0.483 e. The van der Waals surface area contributed by atoms with E-state index in [4.69, 9.17) is 9.84 Å². The number of carboxylic acid groups (broad SMARTS) is 1. The third kappa shape index (κ3) is 5.02. The number of benzene rings is 1. The fraction of sp³-hybridized carbons (Fsp3) is 0.400. The Bertz CT molecular complexity index is 798. The Morgan fingerprint density at radius 3 is 2.89 bits per heavy atom. The maximum Gasteiger partial charge on any atom is 0.354 e. The summed E-state index contributed by atoms with van der Waals surface area (Å²) in [6.07, 6.45) is 1.00. The molecule has 0 aliphatic carbocycles. The van der Waals surface area contributed by atoms with Crippen LogP contribution in [0.1, 0.15) is 34.6 Å². The van der Waals surface area contributed by atoms with Crippen LogP contribution >= 0.6 is 0 Å². The number of hydrogen-bond donors (Lipinski definition) is 2. The van der Waals surface area contributed by atoms with E-state index in [1.807, 2.05) is 6.07 Å². The number of pyridine rings is 1. The summed E-state index contributed by atoms with van der Waals surface area (Å²) in [4.78, 5) is 17.1. The first-order valence-electron chi connectivity index (χ1n) is 9.00. The highest BCUT2D eigenvalue weighted by atomic mass is 19.1. The maximum absolute atomic E-state index is 14.1. The number of aryl methyl sites for hydroxylation is 1. The van der Waals surface area contributed by atoms with Crippen molar-refractivity contribution in [1.29, 1.82) is 0 Å². The van der Waals surface area contributed by atoms with Crippen LogP contribution < -0.4 is 10.1 Å². The smallest absolute Gasteiger partial charge is 0.354 e. The number of carboxylic acids is 1. The van der Waals surface area contributed by atoms with Crippen LogP contribution in [0, 0.1) is 12.7 Å². The number of nitrogens with one attached hydrogen (secondary N) is 1. The second-order valence-corrected chi connectivity index (χ2v) is 6.91. The van der Waals surface area contributed by atoms with Gasteiger partial charge in [-0.15, -0.1) is 0 Å². The third-order valence-corrected chi connectivity index (χ3v) is 4.68. The van der Waals surface area contributed by atoms with E-state index in [9.17, 15) is 9.18 Å². The Morgan fingerprint density at radius 1 is 1.44 bits per heavy atom. The predicted octanol–water partition coefficient (Wildman–Crippen LogP) is 2.64. The maximum atomic E-state index is 14.1. The van der Waals surface area contributed by atoms with Gasteiger partial charge in [0.15, 0.2) is 0 Å². The number of nitrogens with zero attached hydrogens (tertiary/aromatic N) is 2. The zero-order valence-electron chi connectivity index (χ0n) is 15.5. The van der Waals surface area contributed by atoms with Crippen LogP contribution in [0.3, 0.4) is 0 Å². The van der Waals surface area contributed by atoms with Gasteiger partial charge in [0.2, 0.25) is 0 Å². The van der Waals surface area contributed by atoms with Crippen LogP contribution in [0.2, 0.25) is 0 Å². The van der Waals surface area contributed by atoms with Crippen molar-refractivity contribution in [2.24, 2.45) is 0 Å². The summed E-state index contributed by atoms with van der Waals surface area (Å²) >= 11 is 0. The molecule has 1 aromatic heterocycles. The van der Waals surface area contributed by atoms with Gasteiger partial charge in [0, 0.05) is 32.2 Å². The van der Waals surface area contributed by atoms with Crippen LogP contribution in [0.5, 0.6) is 5.75 Å². The number of aromatic nitrogens is 1. The highest BCUT2D eigenvalue weighted by Crippen LogP contribution is 2.25. The van der Waals surface area contributed by atoms with E-state index >= 15 is 0 Å². The average molecular weight is 373 g/mol. The number of carbonyl (C=O) groups is 1. The first-order valence-corrected chi connectivity index (χ1v) is 9.00. The molecule has 1 aromatic carbocycles. The third-order valence-electron chi connectivity index (χ3n) is 4.68. The lowest BCUT2D eigenvalue weighted by Gasteiger charge is -2.34. The first-order chi connectivity index (χ1) is 12.9. The summed E-state index contributed by atoms with van der Waals surface area (Å²) in [7, 11) is 0. The molecule has 2 heterocycles. The molecule has 7 heteroatoms. The van der Waals surface area contributed by atoms with Gasteiger partial charge in [0.05, 0.1) is 6.20 Å². The van der Waals surface area contributed by atoms with Gasteiger partial charge < -0.3 is 15.2 Å². The van der Waals surface area contributed by atoms with Crippen LogP contribution in [0.25, 0.3) is 0 Å². The molecule has 0 unspecified atom stereocenters. The van der Waals surface area contributed by atoms with E-state index < -0.39 is 5.97 Å². The monoisotopic (exact) mass is 373 g/mol. The molecule has 2 N–H and O–H groups in total. The molecule has 0 amide bonds. The van der Waals surface area contributed by atoms with Crippen molar-refractivity contribution in [1.82, 2.24) is 15.2 Å². The molecule has 144 valence electrons. The summed E-state index contributed by atoms with van der Waals surface area (Å²) in [5.74, 6) is -0.906. The van der Waals surface area contributed by atoms with Gasteiger partial charge in [-0.25, -0.2) is 14.2 Å². The number of rotatable bonds is 6. The molecule has 6 nitrogen and oxygen atoms in total. The molecule has 2 aromatic rings. The van der Waals surface area contributed by atoms with Gasteiger partial charge in [-0.1, -0.05) is 12.1 Å². The Morgan fingerprint density at radius 2 is 2.26 bits per heavy atom. The molecule has 1 aliphatic heterocycles. The zero-order valence-corrected chi connectivity index (χ0v) is 15.5. The molecule has 0 radical (unpaired) electrons. The van der Waals surface area contributed by atoms with E-state index in [1.165, 1.54) is 18.3 Å². The van der Waals surface area contributed by atoms with Crippen molar-refractivity contribution >= 4 is 5.97 Å². The molecule has 1 saturated heterocycles. The molecule has 27 heavy (non-hydrogen) atoms. The number of hydrogen-bond acceptors (Lipinski definition) is 5. The fourth-order valence-corrected chi connectivity index (χ4v) is 3.17. The molecule has 1 aliphatic rings. The molecule has 0 spiro atoms. The van der Waals surface area contributed by atoms with Crippen molar-refractivity contribution in [3.05, 3.63) is 59.2 Å². The highest BCUT2D eigenvalue weighted by Gasteiger charge is 2.23. The normalized spacial score (nSPS) is 18.9. The van der Waals surface area contributed by atoms with Gasteiger partial charge in [-0.3, -0.25) is 4.90 Å². The van der Waals surface area contributed by atoms with E-state index in [0.717, 1.165) is 25.2 Å². The Labute approximate surface area is 158 Å². The summed E-state index contributed by atoms with van der Waals surface area (Å²) < 4.78 is 20.2. The van der Waals surface area contributed by atoms with Crippen molar-refractivity contribution in [3.8, 4) is 5.75 Å². The first kappa shape index (κ1) is 19.3. The number of piperazine rings is 1. The molecule has 0 saturated carbocycles. The van der Waals surface area contributed by atoms with Gasteiger partial charge >= 0.3 is 5.97 Å². The lowest BCUT2D eigenvalue weighted by Crippen LogP contribution is -2.50. The molecule has 1 fully saturated rings. The minimum atomic E-state index is -1.09. The van der Waals surface area contributed by atoms with Gasteiger partial charge in [-0.2, -0.15) is 0 Å². The van der Waals surface area contributed by atoms with Crippen LogP contribution in [-0.2, 0) is 0 Å². The molecule has 3 rings (SSSR count). The number of halogens is 1. The van der Waals surface area contributed by atoms with E-state index in [0.29, 0.717) is 23.9 Å². The fourth-order valence-electron chi connectivity index (χ4n) is 3.17. The second kappa shape index (κ2) is 8.45. The van der Waals surface area contributed by atoms with Crippen LogP contribution in [0.15, 0.2) is 36.5 Å². The van der Waals surface area contributed by atoms with Crippen molar-refractivity contribution in [2.75, 3.05) is 26.2 Å². The SMILES string of the molecule is Cc1ccc([C@H](CN2CCN[C@H](C)C2)Oc2ccc(C(=O)O)nc2)cc1F. The Balaban J connectivity index is 1.81. The summed E-state index contributed by atoms with van der Waals surface area (Å²) in [6, 6.07) is 8.47. The largest absolute Gasteiger partial charge is 0.483 e. The molecular weight excluding hydrogens is 349 g/mol. The van der Waals surface area contributed by atoms with Crippen LogP contribution in [-0.4, -0.2) is 53.2 Å². The van der Waals surface area contributed by atoms with Gasteiger partial charge in [0.1, 0.15) is 23.4 Å². The number of ether oxygens (including phenoxy) is 1. The summed E-state index contributed by atoms with van der Waals surface area (Å²) in [5.41, 5.74) is 1.28. The lowest BCUT2D eigenvalue weighted by molar-refractivity contribution is 0.0690. The summed E-state index contributed by atoms with van der Waals surface area (Å²) in [5, 5.41) is 12.4. The van der Waals surface area contributed by atoms with Crippen LogP contribution in [0.4, 0.5) is 4.39 Å².